The number of carbonyl (C=O) groups is 2. The second-order valence-electron chi connectivity index (χ2n) is 7.18. The van der Waals surface area contributed by atoms with Crippen LogP contribution in [0.3, 0.4) is 0 Å². The van der Waals surface area contributed by atoms with E-state index in [0.717, 1.165) is 18.6 Å². The molecule has 3 rings (SSSR count). The van der Waals surface area contributed by atoms with Crippen LogP contribution in [-0.2, 0) is 11.2 Å². The summed E-state index contributed by atoms with van der Waals surface area (Å²) < 4.78 is 29.9. The van der Waals surface area contributed by atoms with Gasteiger partial charge in [0.1, 0.15) is 5.82 Å². The van der Waals surface area contributed by atoms with Crippen molar-refractivity contribution in [3.63, 3.8) is 0 Å². The molecule has 30 heavy (non-hydrogen) atoms. The highest BCUT2D eigenvalue weighted by Crippen LogP contribution is 2.33. The van der Waals surface area contributed by atoms with Crippen molar-refractivity contribution in [2.45, 2.75) is 39.7 Å². The van der Waals surface area contributed by atoms with Crippen LogP contribution in [0.2, 0.25) is 5.02 Å². The Kier molecular flexibility index (Phi) is 6.12. The predicted molar refractivity (Wildman–Crippen MR) is 111 cm³/mol. The molecule has 0 saturated heterocycles. The fraction of sp³-hybridized carbons (Fsp3) is 0.273. The topological polar surface area (TPSA) is 71.3 Å². The molecule has 0 radical (unpaired) electrons. The third-order valence-electron chi connectivity index (χ3n) is 5.14. The minimum absolute atomic E-state index is 0.0148. The molecule has 1 unspecified atom stereocenters. The van der Waals surface area contributed by atoms with E-state index >= 15 is 0 Å². The zero-order valence-corrected chi connectivity index (χ0v) is 17.5. The number of fused-ring (bicyclic) bond motifs is 1. The molecule has 3 aromatic rings. The van der Waals surface area contributed by atoms with Crippen LogP contribution in [0, 0.1) is 18.6 Å². The molecule has 0 bridgehead atoms. The maximum Gasteiger partial charge on any atom is 0.262 e. The fourth-order valence-electron chi connectivity index (χ4n) is 3.35. The van der Waals surface area contributed by atoms with E-state index in [1.807, 2.05) is 13.8 Å². The van der Waals surface area contributed by atoms with E-state index in [1.165, 1.54) is 22.8 Å². The number of amides is 1. The summed E-state index contributed by atoms with van der Waals surface area (Å²) in [6.45, 7) is 5.34. The largest absolute Gasteiger partial charge is 0.505 e. The van der Waals surface area contributed by atoms with Crippen molar-refractivity contribution in [1.29, 1.82) is 0 Å². The van der Waals surface area contributed by atoms with Gasteiger partial charge in [-0.25, -0.2) is 8.78 Å². The molecule has 5 nitrogen and oxygen atoms in total. The number of benzene rings is 2. The standard InChI is InChI=1S/C22H21ClF2N2O3/c1-4-11(2)26-19(29)10-14-12(3)27(17-7-8-18(28)21(25)20(14)17)22(30)13-5-6-15(23)16(24)9-13/h5-9,11,28H,4,10H2,1-3H3,(H,26,29). The van der Waals surface area contributed by atoms with Gasteiger partial charge in [-0.2, -0.15) is 0 Å². The molecule has 158 valence electrons. The van der Waals surface area contributed by atoms with Gasteiger partial charge < -0.3 is 10.4 Å². The number of hydrogen-bond donors (Lipinski definition) is 2. The molecule has 0 aliphatic carbocycles. The van der Waals surface area contributed by atoms with Crippen molar-refractivity contribution in [2.24, 2.45) is 0 Å². The number of halogens is 3. The van der Waals surface area contributed by atoms with Crippen molar-refractivity contribution in [2.75, 3.05) is 0 Å². The van der Waals surface area contributed by atoms with Crippen LogP contribution >= 0.6 is 11.6 Å². The minimum atomic E-state index is -0.921. The lowest BCUT2D eigenvalue weighted by molar-refractivity contribution is -0.121. The number of aromatic hydroxyl groups is 1. The molecular weight excluding hydrogens is 414 g/mol. The van der Waals surface area contributed by atoms with Gasteiger partial charge in [0, 0.05) is 22.7 Å². The van der Waals surface area contributed by atoms with Crippen molar-refractivity contribution in [3.8, 4) is 5.75 Å². The highest BCUT2D eigenvalue weighted by molar-refractivity contribution is 6.30. The Bertz CT molecular complexity index is 1160. The van der Waals surface area contributed by atoms with Crippen LogP contribution in [0.1, 0.15) is 41.9 Å². The molecule has 0 aliphatic rings. The number of phenolic OH excluding ortho intramolecular Hbond substituents is 1. The molecule has 0 spiro atoms. The summed E-state index contributed by atoms with van der Waals surface area (Å²) in [5, 5.41) is 12.5. The van der Waals surface area contributed by atoms with E-state index in [4.69, 9.17) is 11.6 Å². The Balaban J connectivity index is 2.17. The number of phenols is 1. The average Bonchev–Trinajstić information content (AvgIpc) is 2.98. The van der Waals surface area contributed by atoms with Gasteiger partial charge in [0.05, 0.1) is 17.0 Å². The molecule has 0 saturated carbocycles. The molecule has 0 fully saturated rings. The van der Waals surface area contributed by atoms with Crippen molar-refractivity contribution in [3.05, 3.63) is 63.8 Å². The normalized spacial score (nSPS) is 12.2. The lowest BCUT2D eigenvalue weighted by Gasteiger charge is -2.12. The van der Waals surface area contributed by atoms with Gasteiger partial charge in [-0.3, -0.25) is 14.2 Å². The summed E-state index contributed by atoms with van der Waals surface area (Å²) in [4.78, 5) is 25.6. The number of nitrogens with zero attached hydrogens (tertiary/aromatic N) is 1. The highest BCUT2D eigenvalue weighted by atomic mass is 35.5. The molecule has 0 aliphatic heterocycles. The van der Waals surface area contributed by atoms with Gasteiger partial charge >= 0.3 is 0 Å². The third kappa shape index (κ3) is 3.89. The van der Waals surface area contributed by atoms with E-state index in [9.17, 15) is 23.5 Å². The lowest BCUT2D eigenvalue weighted by atomic mass is 10.1. The first-order valence-electron chi connectivity index (χ1n) is 9.46. The highest BCUT2D eigenvalue weighted by Gasteiger charge is 2.25. The van der Waals surface area contributed by atoms with Gasteiger partial charge in [0.15, 0.2) is 11.6 Å². The number of hydrogen-bond acceptors (Lipinski definition) is 3. The van der Waals surface area contributed by atoms with Crippen molar-refractivity contribution >= 4 is 34.3 Å². The quantitative estimate of drug-likeness (QED) is 0.609. The third-order valence-corrected chi connectivity index (χ3v) is 5.45. The molecule has 1 amide bonds. The van der Waals surface area contributed by atoms with Crippen LogP contribution in [0.15, 0.2) is 30.3 Å². The van der Waals surface area contributed by atoms with Crippen molar-refractivity contribution in [1.82, 2.24) is 9.88 Å². The summed E-state index contributed by atoms with van der Waals surface area (Å²) >= 11 is 5.70. The van der Waals surface area contributed by atoms with Gasteiger partial charge in [-0.05, 0) is 56.2 Å². The van der Waals surface area contributed by atoms with Gasteiger partial charge in [0.2, 0.25) is 5.91 Å². The smallest absolute Gasteiger partial charge is 0.262 e. The molecule has 1 atom stereocenters. The molecule has 1 heterocycles. The van der Waals surface area contributed by atoms with Crippen LogP contribution in [0.5, 0.6) is 5.75 Å². The summed E-state index contributed by atoms with van der Waals surface area (Å²) in [6.07, 6.45) is 0.546. The number of nitrogens with one attached hydrogen (secondary N) is 1. The number of aromatic nitrogens is 1. The van der Waals surface area contributed by atoms with E-state index in [1.54, 1.807) is 6.92 Å². The second-order valence-corrected chi connectivity index (χ2v) is 7.59. The second kappa shape index (κ2) is 8.44. The first-order valence-corrected chi connectivity index (χ1v) is 9.83. The monoisotopic (exact) mass is 434 g/mol. The molecule has 2 aromatic carbocycles. The Labute approximate surface area is 177 Å². The Hall–Kier alpha value is -2.93. The summed E-state index contributed by atoms with van der Waals surface area (Å²) in [6, 6.07) is 6.08. The summed E-state index contributed by atoms with van der Waals surface area (Å²) in [5.41, 5.74) is 0.798. The molecular formula is C22H21ClF2N2O3. The first kappa shape index (κ1) is 21.8. The van der Waals surface area contributed by atoms with Gasteiger partial charge in [-0.15, -0.1) is 0 Å². The van der Waals surface area contributed by atoms with Gasteiger partial charge in [0.25, 0.3) is 5.91 Å². The number of carbonyl (C=O) groups excluding carboxylic acids is 2. The average molecular weight is 435 g/mol. The maximum atomic E-state index is 14.8. The fourth-order valence-corrected chi connectivity index (χ4v) is 3.47. The Morgan fingerprint density at radius 1 is 1.23 bits per heavy atom. The summed E-state index contributed by atoms with van der Waals surface area (Å²) in [7, 11) is 0. The van der Waals surface area contributed by atoms with Gasteiger partial charge in [-0.1, -0.05) is 18.5 Å². The van der Waals surface area contributed by atoms with E-state index in [2.05, 4.69) is 5.32 Å². The van der Waals surface area contributed by atoms with Crippen LogP contribution in [-0.4, -0.2) is 27.5 Å². The molecule has 8 heteroatoms. The zero-order chi connectivity index (χ0) is 22.2. The van der Waals surface area contributed by atoms with Crippen LogP contribution in [0.4, 0.5) is 8.78 Å². The van der Waals surface area contributed by atoms with E-state index < -0.39 is 23.3 Å². The minimum Gasteiger partial charge on any atom is -0.505 e. The molecule has 2 N–H and O–H groups in total. The van der Waals surface area contributed by atoms with E-state index in [0.29, 0.717) is 5.69 Å². The SMILES string of the molecule is CCC(C)NC(=O)Cc1c(C)n(C(=O)c2ccc(Cl)c(F)c2)c2ccc(O)c(F)c12. The van der Waals surface area contributed by atoms with E-state index in [-0.39, 0.29) is 45.4 Å². The lowest BCUT2D eigenvalue weighted by Crippen LogP contribution is -2.33. The van der Waals surface area contributed by atoms with Crippen molar-refractivity contribution < 1.29 is 23.5 Å². The Morgan fingerprint density at radius 3 is 2.57 bits per heavy atom. The van der Waals surface area contributed by atoms with Crippen LogP contribution < -0.4 is 5.32 Å². The maximum absolute atomic E-state index is 14.8. The summed E-state index contributed by atoms with van der Waals surface area (Å²) in [5.74, 6) is -3.21. The number of rotatable bonds is 5. The Morgan fingerprint density at radius 2 is 1.93 bits per heavy atom. The first-order chi connectivity index (χ1) is 14.1. The van der Waals surface area contributed by atoms with Crippen LogP contribution in [0.25, 0.3) is 10.9 Å². The zero-order valence-electron chi connectivity index (χ0n) is 16.7. The predicted octanol–water partition coefficient (Wildman–Crippen LogP) is 4.73. The molecule has 1 aromatic heterocycles.